The second-order valence-corrected chi connectivity index (χ2v) is 6.82. The predicted molar refractivity (Wildman–Crippen MR) is 101 cm³/mol. The van der Waals surface area contributed by atoms with E-state index in [1.54, 1.807) is 16.8 Å². The molecule has 27 heavy (non-hydrogen) atoms. The summed E-state index contributed by atoms with van der Waals surface area (Å²) < 4.78 is 5.14. The average molecular weight is 371 g/mol. The third-order valence-electron chi connectivity index (χ3n) is 4.97. The Bertz CT molecular complexity index is 747. The van der Waals surface area contributed by atoms with Gasteiger partial charge >= 0.3 is 5.97 Å². The lowest BCUT2D eigenvalue weighted by atomic mass is 10.00. The molecule has 1 aromatic rings. The largest absolute Gasteiger partial charge is 0.464 e. The number of para-hydroxylation sites is 1. The van der Waals surface area contributed by atoms with Gasteiger partial charge < -0.3 is 9.64 Å². The fourth-order valence-electron chi connectivity index (χ4n) is 3.60. The number of hydrogen-bond donors (Lipinski definition) is 0. The van der Waals surface area contributed by atoms with Crippen LogP contribution in [0.4, 0.5) is 5.69 Å². The van der Waals surface area contributed by atoms with Gasteiger partial charge in [-0.05, 0) is 45.2 Å². The Kier molecular flexibility index (Phi) is 5.88. The topological polar surface area (TPSA) is 79.3 Å². The predicted octanol–water partition coefficient (Wildman–Crippen LogP) is 2.15. The van der Waals surface area contributed by atoms with Crippen LogP contribution in [0.5, 0.6) is 0 Å². The first-order valence-electron chi connectivity index (χ1n) is 9.42. The monoisotopic (exact) mass is 371 g/mol. The van der Waals surface area contributed by atoms with Crippen LogP contribution in [0.15, 0.2) is 35.4 Å². The summed E-state index contributed by atoms with van der Waals surface area (Å²) in [6, 6.07) is 8.25. The zero-order valence-electron chi connectivity index (χ0n) is 15.8. The number of esters is 1. The summed E-state index contributed by atoms with van der Waals surface area (Å²) in [5.41, 5.74) is 1.08. The molecule has 0 radical (unpaired) electrons. The van der Waals surface area contributed by atoms with Crippen molar-refractivity contribution in [1.29, 1.82) is 0 Å². The van der Waals surface area contributed by atoms with Crippen molar-refractivity contribution in [3.8, 4) is 0 Å². The van der Waals surface area contributed by atoms with Crippen molar-refractivity contribution in [1.82, 2.24) is 4.90 Å². The first-order valence-corrected chi connectivity index (χ1v) is 9.42. The molecule has 2 aliphatic rings. The van der Waals surface area contributed by atoms with E-state index in [0.717, 1.165) is 18.5 Å². The fourth-order valence-corrected chi connectivity index (χ4v) is 3.60. The van der Waals surface area contributed by atoms with E-state index in [9.17, 15) is 14.4 Å². The lowest BCUT2D eigenvalue weighted by molar-refractivity contribution is -0.154. The Labute approximate surface area is 159 Å². The number of likely N-dealkylation sites (tertiary alicyclic amines) is 1. The third-order valence-corrected chi connectivity index (χ3v) is 4.97. The average Bonchev–Trinajstić information content (AvgIpc) is 3.14. The Morgan fingerprint density at radius 2 is 1.89 bits per heavy atom. The van der Waals surface area contributed by atoms with Crippen LogP contribution >= 0.6 is 0 Å². The van der Waals surface area contributed by atoms with E-state index in [-0.39, 0.29) is 30.7 Å². The molecular weight excluding hydrogens is 346 g/mol. The standard InChI is InChI=1S/C20H25N3O4/c1-3-27-20(26)17-11-7-8-12-22(17)19(25)16-13-18(14(2)24)23(21-16)15-9-5-4-6-10-15/h4-6,9-10,17-18H,3,7-8,11-13H2,1-2H3. The van der Waals surface area contributed by atoms with Gasteiger partial charge in [0.15, 0.2) is 5.78 Å². The second kappa shape index (κ2) is 8.33. The molecule has 0 N–H and O–H groups in total. The number of hydrazone groups is 1. The molecule has 0 spiro atoms. The van der Waals surface area contributed by atoms with Gasteiger partial charge in [0.2, 0.25) is 0 Å². The second-order valence-electron chi connectivity index (χ2n) is 6.82. The minimum Gasteiger partial charge on any atom is -0.464 e. The van der Waals surface area contributed by atoms with Gasteiger partial charge in [-0.15, -0.1) is 0 Å². The maximum atomic E-state index is 13.1. The van der Waals surface area contributed by atoms with Crippen LogP contribution in [0.25, 0.3) is 0 Å². The van der Waals surface area contributed by atoms with Crippen LogP contribution in [0.1, 0.15) is 39.5 Å². The molecule has 0 aliphatic carbocycles. The molecule has 1 fully saturated rings. The van der Waals surface area contributed by atoms with Crippen molar-refractivity contribution in [3.05, 3.63) is 30.3 Å². The Balaban J connectivity index is 1.84. The number of amides is 1. The number of rotatable bonds is 5. The number of carbonyl (C=O) groups is 3. The van der Waals surface area contributed by atoms with Gasteiger partial charge in [0, 0.05) is 13.0 Å². The van der Waals surface area contributed by atoms with Crippen LogP contribution in [0.2, 0.25) is 0 Å². The summed E-state index contributed by atoms with van der Waals surface area (Å²) in [4.78, 5) is 39.1. The molecule has 2 atom stereocenters. The highest BCUT2D eigenvalue weighted by Gasteiger charge is 2.40. The normalized spacial score (nSPS) is 22.4. The highest BCUT2D eigenvalue weighted by atomic mass is 16.5. The van der Waals surface area contributed by atoms with E-state index in [1.165, 1.54) is 6.92 Å². The van der Waals surface area contributed by atoms with Gasteiger partial charge in [-0.2, -0.15) is 5.10 Å². The molecule has 0 bridgehead atoms. The Morgan fingerprint density at radius 3 is 2.56 bits per heavy atom. The van der Waals surface area contributed by atoms with Crippen LogP contribution in [-0.2, 0) is 19.1 Å². The third kappa shape index (κ3) is 4.02. The summed E-state index contributed by atoms with van der Waals surface area (Å²) >= 11 is 0. The number of piperidine rings is 1. The summed E-state index contributed by atoms with van der Waals surface area (Å²) in [6.45, 7) is 4.04. The first-order chi connectivity index (χ1) is 13.0. The molecule has 7 heteroatoms. The molecule has 1 aromatic carbocycles. The Hall–Kier alpha value is -2.70. The zero-order valence-corrected chi connectivity index (χ0v) is 15.8. The SMILES string of the molecule is CCOC(=O)C1CCCCN1C(=O)C1=NN(c2ccccc2)C(C(C)=O)C1. The fraction of sp³-hybridized carbons (Fsp3) is 0.500. The van der Waals surface area contributed by atoms with E-state index in [0.29, 0.717) is 18.7 Å². The molecule has 2 heterocycles. The quantitative estimate of drug-likeness (QED) is 0.741. The highest BCUT2D eigenvalue weighted by Crippen LogP contribution is 2.27. The lowest BCUT2D eigenvalue weighted by Crippen LogP contribution is -2.51. The molecule has 1 saturated heterocycles. The van der Waals surface area contributed by atoms with Crippen molar-refractivity contribution in [2.75, 3.05) is 18.2 Å². The lowest BCUT2D eigenvalue weighted by Gasteiger charge is -2.33. The first kappa shape index (κ1) is 19.1. The smallest absolute Gasteiger partial charge is 0.328 e. The van der Waals surface area contributed by atoms with Crippen LogP contribution in [-0.4, -0.2) is 53.5 Å². The van der Waals surface area contributed by atoms with E-state index in [1.807, 2.05) is 30.3 Å². The maximum Gasteiger partial charge on any atom is 0.328 e. The van der Waals surface area contributed by atoms with E-state index in [2.05, 4.69) is 5.10 Å². The number of Topliss-reactive ketones (excluding diaryl/α,β-unsaturated/α-hetero) is 1. The van der Waals surface area contributed by atoms with Crippen LogP contribution < -0.4 is 5.01 Å². The number of benzene rings is 1. The van der Waals surface area contributed by atoms with E-state index >= 15 is 0 Å². The number of anilines is 1. The van der Waals surface area contributed by atoms with E-state index < -0.39 is 12.1 Å². The minimum atomic E-state index is -0.574. The Morgan fingerprint density at radius 1 is 1.15 bits per heavy atom. The molecule has 7 nitrogen and oxygen atoms in total. The zero-order chi connectivity index (χ0) is 19.4. The van der Waals surface area contributed by atoms with Gasteiger partial charge in [-0.1, -0.05) is 18.2 Å². The van der Waals surface area contributed by atoms with Crippen molar-refractivity contribution < 1.29 is 19.1 Å². The molecule has 144 valence electrons. The number of nitrogens with zero attached hydrogens (tertiary/aromatic N) is 3. The van der Waals surface area contributed by atoms with Crippen molar-refractivity contribution in [3.63, 3.8) is 0 Å². The number of ether oxygens (including phenoxy) is 1. The highest BCUT2D eigenvalue weighted by molar-refractivity contribution is 6.40. The van der Waals surface area contributed by atoms with Crippen molar-refractivity contribution in [2.45, 2.75) is 51.6 Å². The summed E-state index contributed by atoms with van der Waals surface area (Å²) in [5.74, 6) is -0.699. The molecule has 0 saturated carbocycles. The van der Waals surface area contributed by atoms with Gasteiger partial charge in [0.25, 0.3) is 5.91 Å². The maximum absolute atomic E-state index is 13.1. The molecule has 2 aliphatic heterocycles. The molecule has 1 amide bonds. The summed E-state index contributed by atoms with van der Waals surface area (Å²) in [7, 11) is 0. The molecule has 2 unspecified atom stereocenters. The van der Waals surface area contributed by atoms with Gasteiger partial charge in [0.1, 0.15) is 17.8 Å². The van der Waals surface area contributed by atoms with Crippen LogP contribution in [0, 0.1) is 0 Å². The van der Waals surface area contributed by atoms with Crippen molar-refractivity contribution >= 4 is 29.1 Å². The van der Waals surface area contributed by atoms with Gasteiger partial charge in [0.05, 0.1) is 12.3 Å². The number of hydrogen-bond acceptors (Lipinski definition) is 6. The summed E-state index contributed by atoms with van der Waals surface area (Å²) in [5, 5.41) is 6.07. The number of carbonyl (C=O) groups excluding carboxylic acids is 3. The van der Waals surface area contributed by atoms with Crippen LogP contribution in [0.3, 0.4) is 0 Å². The number of ketones is 1. The molecular formula is C20H25N3O4. The van der Waals surface area contributed by atoms with Crippen molar-refractivity contribution in [2.24, 2.45) is 5.10 Å². The van der Waals surface area contributed by atoms with E-state index in [4.69, 9.17) is 4.74 Å². The summed E-state index contributed by atoms with van der Waals surface area (Å²) in [6.07, 6.45) is 2.56. The molecule has 0 aromatic heterocycles. The van der Waals surface area contributed by atoms with Gasteiger partial charge in [-0.3, -0.25) is 14.6 Å². The van der Waals surface area contributed by atoms with Gasteiger partial charge in [-0.25, -0.2) is 4.79 Å². The minimum absolute atomic E-state index is 0.0500. The molecule has 3 rings (SSSR count).